The van der Waals surface area contributed by atoms with E-state index in [2.05, 4.69) is 25.0 Å². The first-order chi connectivity index (χ1) is 17.3. The Hall–Kier alpha value is -3.95. The molecule has 10 heteroatoms. The van der Waals surface area contributed by atoms with E-state index in [0.29, 0.717) is 18.3 Å². The molecule has 0 unspecified atom stereocenters. The molecular weight excluding hydrogens is 466 g/mol. The summed E-state index contributed by atoms with van der Waals surface area (Å²) in [5.74, 6) is -1.76. The van der Waals surface area contributed by atoms with Gasteiger partial charge in [0, 0.05) is 35.0 Å². The minimum absolute atomic E-state index is 0.0641. The van der Waals surface area contributed by atoms with Gasteiger partial charge in [-0.3, -0.25) is 9.59 Å². The van der Waals surface area contributed by atoms with Crippen LogP contribution < -0.4 is 5.56 Å². The van der Waals surface area contributed by atoms with Gasteiger partial charge < -0.3 is 9.47 Å². The summed E-state index contributed by atoms with van der Waals surface area (Å²) >= 11 is 0. The molecule has 1 aliphatic carbocycles. The minimum atomic E-state index is -3.54. The summed E-state index contributed by atoms with van der Waals surface area (Å²) in [5.41, 5.74) is -1.33. The second-order valence-electron chi connectivity index (χ2n) is 9.60. The minimum Gasteiger partial charge on any atom is -0.327 e. The van der Waals surface area contributed by atoms with Crippen molar-refractivity contribution in [2.75, 3.05) is 0 Å². The number of carbonyl (C=O) groups is 1. The lowest BCUT2D eigenvalue weighted by molar-refractivity contribution is 0.0386. The van der Waals surface area contributed by atoms with Gasteiger partial charge in [0.2, 0.25) is 0 Å². The quantitative estimate of drug-likeness (QED) is 0.467. The summed E-state index contributed by atoms with van der Waals surface area (Å²) in [6.07, 6.45) is 3.41. The van der Waals surface area contributed by atoms with Crippen LogP contribution >= 0.6 is 0 Å². The molecule has 3 heterocycles. The fourth-order valence-corrected chi connectivity index (χ4v) is 5.08. The number of amides is 1. The highest BCUT2D eigenvalue weighted by Crippen LogP contribution is 2.38. The van der Waals surface area contributed by atoms with Crippen LogP contribution in [0.3, 0.4) is 0 Å². The van der Waals surface area contributed by atoms with Crippen molar-refractivity contribution in [3.05, 3.63) is 87.4 Å². The lowest BCUT2D eigenvalue weighted by Gasteiger charge is -2.35. The van der Waals surface area contributed by atoms with E-state index in [0.717, 1.165) is 18.7 Å². The van der Waals surface area contributed by atoms with E-state index in [1.807, 2.05) is 6.92 Å². The molecule has 4 aromatic rings. The van der Waals surface area contributed by atoms with Crippen LogP contribution in [-0.4, -0.2) is 41.8 Å². The molecule has 2 aromatic carbocycles. The molecule has 1 saturated carbocycles. The second-order valence-corrected chi connectivity index (χ2v) is 9.60. The Labute approximate surface area is 205 Å². The molecule has 1 fully saturated rings. The highest BCUT2D eigenvalue weighted by atomic mass is 19.3. The first kappa shape index (κ1) is 22.5. The van der Waals surface area contributed by atoms with Crippen molar-refractivity contribution in [2.45, 2.75) is 57.2 Å². The molecule has 36 heavy (non-hydrogen) atoms. The van der Waals surface area contributed by atoms with Crippen molar-refractivity contribution < 1.29 is 13.6 Å². The zero-order valence-corrected chi connectivity index (χ0v) is 19.6. The third-order valence-corrected chi connectivity index (χ3v) is 7.34. The number of rotatable bonds is 4. The van der Waals surface area contributed by atoms with Crippen molar-refractivity contribution in [2.24, 2.45) is 0 Å². The predicted octanol–water partition coefficient (Wildman–Crippen LogP) is 3.97. The summed E-state index contributed by atoms with van der Waals surface area (Å²) in [7, 11) is 0. The standard InChI is InChI=1S/C26H24F2N6O2/c1-15-13-34-21(29-31-23(34)16-6-4-7-16)14-33(15)25(36)17-8-5-9-18(12-17)26(27,28)22-19-10-2-3-11-20(19)24(35)32-30-22/h2-3,5,8-12,15-16H,4,6-7,13-14H2,1H3,(H,32,35)/t15-/m0/s1. The number of H-pyrrole nitrogens is 1. The second kappa shape index (κ2) is 8.32. The van der Waals surface area contributed by atoms with E-state index in [9.17, 15) is 9.59 Å². The van der Waals surface area contributed by atoms with Gasteiger partial charge in [0.05, 0.1) is 11.9 Å². The molecule has 1 aliphatic heterocycles. The number of benzene rings is 2. The highest BCUT2D eigenvalue weighted by Gasteiger charge is 2.39. The van der Waals surface area contributed by atoms with Crippen LogP contribution in [0.4, 0.5) is 8.78 Å². The van der Waals surface area contributed by atoms with Gasteiger partial charge in [-0.05, 0) is 38.0 Å². The Balaban J connectivity index is 1.32. The summed E-state index contributed by atoms with van der Waals surface area (Å²) < 4.78 is 33.5. The summed E-state index contributed by atoms with van der Waals surface area (Å²) in [4.78, 5) is 27.2. The predicted molar refractivity (Wildman–Crippen MR) is 128 cm³/mol. The highest BCUT2D eigenvalue weighted by molar-refractivity contribution is 5.94. The number of carbonyl (C=O) groups excluding carboxylic acids is 1. The number of aromatic amines is 1. The zero-order valence-electron chi connectivity index (χ0n) is 19.6. The number of alkyl halides is 2. The maximum atomic E-state index is 15.7. The molecule has 1 N–H and O–H groups in total. The van der Waals surface area contributed by atoms with E-state index in [4.69, 9.17) is 0 Å². The van der Waals surface area contributed by atoms with Crippen molar-refractivity contribution in [1.29, 1.82) is 0 Å². The maximum absolute atomic E-state index is 15.7. The summed E-state index contributed by atoms with van der Waals surface area (Å²) in [6.45, 7) is 2.79. The van der Waals surface area contributed by atoms with Gasteiger partial charge in [0.1, 0.15) is 11.5 Å². The largest absolute Gasteiger partial charge is 0.327 e. The third kappa shape index (κ3) is 3.51. The zero-order chi connectivity index (χ0) is 25.0. The van der Waals surface area contributed by atoms with E-state index >= 15 is 8.78 Å². The Morgan fingerprint density at radius 1 is 1.08 bits per heavy atom. The lowest BCUT2D eigenvalue weighted by atomic mass is 9.84. The normalized spacial score (nSPS) is 18.2. The van der Waals surface area contributed by atoms with Gasteiger partial charge in [-0.15, -0.1) is 10.2 Å². The van der Waals surface area contributed by atoms with Gasteiger partial charge in [-0.2, -0.15) is 13.9 Å². The molecule has 0 saturated heterocycles. The van der Waals surface area contributed by atoms with Gasteiger partial charge in [0.15, 0.2) is 5.82 Å². The number of hydrogen-bond acceptors (Lipinski definition) is 5. The Morgan fingerprint density at radius 3 is 2.61 bits per heavy atom. The average Bonchev–Trinajstić information content (AvgIpc) is 3.24. The van der Waals surface area contributed by atoms with Crippen LogP contribution in [0.2, 0.25) is 0 Å². The van der Waals surface area contributed by atoms with Crippen LogP contribution in [0.1, 0.15) is 65.4 Å². The molecule has 1 amide bonds. The maximum Gasteiger partial charge on any atom is 0.317 e. The summed E-state index contributed by atoms with van der Waals surface area (Å²) in [6, 6.07) is 11.4. The first-order valence-corrected chi connectivity index (χ1v) is 12.0. The van der Waals surface area contributed by atoms with Crippen LogP contribution in [0.25, 0.3) is 10.8 Å². The van der Waals surface area contributed by atoms with Gasteiger partial charge in [-0.1, -0.05) is 36.8 Å². The molecule has 6 rings (SSSR count). The van der Waals surface area contributed by atoms with E-state index in [-0.39, 0.29) is 40.4 Å². The smallest absolute Gasteiger partial charge is 0.317 e. The Bertz CT molecular complexity index is 1540. The molecule has 0 spiro atoms. The molecule has 1 atom stereocenters. The van der Waals surface area contributed by atoms with Crippen molar-refractivity contribution in [3.63, 3.8) is 0 Å². The molecule has 0 bridgehead atoms. The van der Waals surface area contributed by atoms with Crippen molar-refractivity contribution in [1.82, 2.24) is 29.9 Å². The molecular formula is C26H24F2N6O2. The number of nitrogens with one attached hydrogen (secondary N) is 1. The van der Waals surface area contributed by atoms with Crippen LogP contribution in [0, 0.1) is 0 Å². The summed E-state index contributed by atoms with van der Waals surface area (Å²) in [5, 5.41) is 14.7. The number of aromatic nitrogens is 5. The van der Waals surface area contributed by atoms with Crippen molar-refractivity contribution in [3.8, 4) is 0 Å². The number of nitrogens with zero attached hydrogens (tertiary/aromatic N) is 5. The van der Waals surface area contributed by atoms with Gasteiger partial charge >= 0.3 is 5.92 Å². The number of fused-ring (bicyclic) bond motifs is 2. The number of hydrogen-bond donors (Lipinski definition) is 1. The van der Waals surface area contributed by atoms with Gasteiger partial charge in [0.25, 0.3) is 11.5 Å². The molecule has 0 radical (unpaired) electrons. The molecule has 2 aromatic heterocycles. The van der Waals surface area contributed by atoms with Crippen LogP contribution in [-0.2, 0) is 19.0 Å². The Morgan fingerprint density at radius 2 is 1.86 bits per heavy atom. The molecule has 2 aliphatic rings. The van der Waals surface area contributed by atoms with E-state index in [1.165, 1.54) is 42.8 Å². The monoisotopic (exact) mass is 490 g/mol. The lowest BCUT2D eigenvalue weighted by Crippen LogP contribution is -2.45. The number of halogens is 2. The van der Waals surface area contributed by atoms with E-state index in [1.54, 1.807) is 17.0 Å². The SMILES string of the molecule is C[C@H]1Cn2c(nnc2C2CCC2)CN1C(=O)c1cccc(C(F)(F)c2n[nH]c(=O)c3ccccc23)c1. The van der Waals surface area contributed by atoms with Crippen LogP contribution in [0.5, 0.6) is 0 Å². The Kier molecular flexibility index (Phi) is 5.20. The fraction of sp³-hybridized carbons (Fsp3) is 0.346. The van der Waals surface area contributed by atoms with Gasteiger partial charge in [-0.25, -0.2) is 5.10 Å². The van der Waals surface area contributed by atoms with Crippen molar-refractivity contribution >= 4 is 16.7 Å². The first-order valence-electron chi connectivity index (χ1n) is 12.0. The van der Waals surface area contributed by atoms with E-state index < -0.39 is 17.2 Å². The third-order valence-electron chi connectivity index (χ3n) is 7.34. The topological polar surface area (TPSA) is 96.8 Å². The molecule has 8 nitrogen and oxygen atoms in total. The fourth-order valence-electron chi connectivity index (χ4n) is 5.08. The average molecular weight is 491 g/mol. The molecule has 184 valence electrons. The van der Waals surface area contributed by atoms with Crippen LogP contribution in [0.15, 0.2) is 53.3 Å².